The van der Waals surface area contributed by atoms with Crippen LogP contribution in [0.2, 0.25) is 0 Å². The topological polar surface area (TPSA) is 123 Å². The number of allylic oxidation sites excluding steroid dienone is 1. The van der Waals surface area contributed by atoms with Gasteiger partial charge >= 0.3 is 0 Å². The number of nitrogens with zero attached hydrogens (tertiary/aromatic N) is 6. The van der Waals surface area contributed by atoms with Crippen LogP contribution in [-0.4, -0.2) is 69.2 Å². The molecule has 10 heteroatoms. The van der Waals surface area contributed by atoms with Crippen molar-refractivity contribution in [2.24, 2.45) is 11.3 Å². The van der Waals surface area contributed by atoms with E-state index in [0.29, 0.717) is 40.0 Å². The number of aromatic nitrogens is 4. The second-order valence-electron chi connectivity index (χ2n) is 11.4. The number of fused-ring (bicyclic) bond motifs is 1. The molecule has 2 aromatic heterocycles. The van der Waals surface area contributed by atoms with Crippen molar-refractivity contribution in [3.05, 3.63) is 54.1 Å². The first-order chi connectivity index (χ1) is 18.5. The van der Waals surface area contributed by atoms with Gasteiger partial charge < -0.3 is 20.9 Å². The third-order valence-electron chi connectivity index (χ3n) is 6.67. The van der Waals surface area contributed by atoms with Crippen LogP contribution in [0.5, 0.6) is 0 Å². The summed E-state index contributed by atoms with van der Waals surface area (Å²) in [5.74, 6) is 1.61. The Bertz CT molecular complexity index is 1370. The molecule has 1 aliphatic heterocycles. The fraction of sp³-hybridized carbons (Fsp3) is 0.448. The molecule has 3 N–H and O–H groups in total. The summed E-state index contributed by atoms with van der Waals surface area (Å²) in [4.78, 5) is 35.7. The monoisotopic (exact) mass is 529 g/mol. The van der Waals surface area contributed by atoms with Gasteiger partial charge in [-0.2, -0.15) is 0 Å². The number of rotatable bonds is 8. The predicted octanol–water partition coefficient (Wildman–Crippen LogP) is 4.56. The zero-order valence-corrected chi connectivity index (χ0v) is 23.7. The molecular weight excluding hydrogens is 490 g/mol. The molecule has 0 unspecified atom stereocenters. The van der Waals surface area contributed by atoms with E-state index in [2.05, 4.69) is 49.2 Å². The van der Waals surface area contributed by atoms with E-state index < -0.39 is 0 Å². The summed E-state index contributed by atoms with van der Waals surface area (Å²) in [6, 6.07) is 5.45. The lowest BCUT2D eigenvalue weighted by Crippen LogP contribution is -2.48. The standard InChI is InChI=1S/C29H39N9O/c1-19(2)17-37-11-13-38(14-12-37)28-32-16-23-25(36-28)26(34-18-33-23)35-22-15-21(8-7-20(22)3)27(39)31-10-9-24(30)29(4,5)6/h7-10,15-16,18-19,30H,11-14,17H2,1-6H3,(H,31,39)(H,33,34,35)/b10-9+,30-24?. The summed E-state index contributed by atoms with van der Waals surface area (Å²) in [6.07, 6.45) is 6.35. The first-order valence-electron chi connectivity index (χ1n) is 13.4. The first kappa shape index (κ1) is 28.1. The molecule has 0 radical (unpaired) electrons. The van der Waals surface area contributed by atoms with Crippen LogP contribution in [-0.2, 0) is 0 Å². The Morgan fingerprint density at radius 1 is 1.13 bits per heavy atom. The molecule has 1 saturated heterocycles. The molecule has 0 saturated carbocycles. The maximum absolute atomic E-state index is 12.8. The Kier molecular flexibility index (Phi) is 8.54. The zero-order valence-electron chi connectivity index (χ0n) is 23.7. The Labute approximate surface area is 230 Å². The third-order valence-corrected chi connectivity index (χ3v) is 6.67. The minimum Gasteiger partial charge on any atom is -0.338 e. The lowest BCUT2D eigenvalue weighted by Gasteiger charge is -2.35. The number of nitrogens with one attached hydrogen (secondary N) is 3. The molecule has 3 heterocycles. The third kappa shape index (κ3) is 7.14. The van der Waals surface area contributed by atoms with Gasteiger partial charge in [0, 0.05) is 61.3 Å². The maximum Gasteiger partial charge on any atom is 0.255 e. The zero-order chi connectivity index (χ0) is 28.2. The molecule has 0 bridgehead atoms. The SMILES string of the molecule is Cc1ccc(C(=O)N/C=C/C(=N)C(C)(C)C)cc1Nc1ncnc2cnc(N3CCN(CC(C)C)CC3)nc12. The highest BCUT2D eigenvalue weighted by Gasteiger charge is 2.21. The summed E-state index contributed by atoms with van der Waals surface area (Å²) in [7, 11) is 0. The first-order valence-corrected chi connectivity index (χ1v) is 13.4. The quantitative estimate of drug-likeness (QED) is 0.363. The van der Waals surface area contributed by atoms with Crippen LogP contribution < -0.4 is 15.5 Å². The van der Waals surface area contributed by atoms with Crippen LogP contribution in [0.4, 0.5) is 17.5 Å². The van der Waals surface area contributed by atoms with Crippen LogP contribution in [0, 0.1) is 23.7 Å². The van der Waals surface area contributed by atoms with E-state index in [4.69, 9.17) is 10.4 Å². The molecule has 1 amide bonds. The normalized spacial score (nSPS) is 14.8. The highest BCUT2D eigenvalue weighted by Crippen LogP contribution is 2.26. The van der Waals surface area contributed by atoms with E-state index in [9.17, 15) is 4.79 Å². The van der Waals surface area contributed by atoms with Crippen LogP contribution in [0.15, 0.2) is 43.0 Å². The van der Waals surface area contributed by atoms with Gasteiger partial charge in [0.15, 0.2) is 5.82 Å². The molecule has 1 aromatic carbocycles. The van der Waals surface area contributed by atoms with E-state index in [0.717, 1.165) is 44.0 Å². The largest absolute Gasteiger partial charge is 0.338 e. The summed E-state index contributed by atoms with van der Waals surface area (Å²) >= 11 is 0. The Morgan fingerprint density at radius 3 is 2.56 bits per heavy atom. The van der Waals surface area contributed by atoms with Crippen molar-refractivity contribution in [3.8, 4) is 0 Å². The fourth-order valence-corrected chi connectivity index (χ4v) is 4.30. The molecule has 4 rings (SSSR count). The molecule has 1 fully saturated rings. The van der Waals surface area contributed by atoms with Gasteiger partial charge in [-0.15, -0.1) is 0 Å². The van der Waals surface area contributed by atoms with Gasteiger partial charge in [-0.05, 0) is 36.6 Å². The number of aryl methyl sites for hydroxylation is 1. The van der Waals surface area contributed by atoms with Crippen LogP contribution in [0.25, 0.3) is 11.0 Å². The fourth-order valence-electron chi connectivity index (χ4n) is 4.30. The minimum absolute atomic E-state index is 0.259. The number of amides is 1. The highest BCUT2D eigenvalue weighted by molar-refractivity contribution is 5.99. The number of hydrogen-bond acceptors (Lipinski definition) is 9. The average Bonchev–Trinajstić information content (AvgIpc) is 2.89. The predicted molar refractivity (Wildman–Crippen MR) is 157 cm³/mol. The van der Waals surface area contributed by atoms with Crippen LogP contribution in [0.1, 0.15) is 50.5 Å². The Hall–Kier alpha value is -3.92. The number of anilines is 3. The van der Waals surface area contributed by atoms with Gasteiger partial charge in [-0.1, -0.05) is 40.7 Å². The molecule has 3 aromatic rings. The number of hydrogen-bond donors (Lipinski definition) is 3. The van der Waals surface area contributed by atoms with Crippen molar-refractivity contribution >= 4 is 40.1 Å². The smallest absolute Gasteiger partial charge is 0.255 e. The number of carbonyl (C=O) groups excluding carboxylic acids is 1. The van der Waals surface area contributed by atoms with Gasteiger partial charge in [-0.25, -0.2) is 19.9 Å². The second kappa shape index (κ2) is 11.9. The maximum atomic E-state index is 12.8. The van der Waals surface area contributed by atoms with Gasteiger partial charge in [0.05, 0.1) is 6.20 Å². The Morgan fingerprint density at radius 2 is 1.87 bits per heavy atom. The van der Waals surface area contributed by atoms with Gasteiger partial charge in [0.25, 0.3) is 5.91 Å². The van der Waals surface area contributed by atoms with E-state index in [1.165, 1.54) is 12.5 Å². The molecule has 1 aliphatic rings. The summed E-state index contributed by atoms with van der Waals surface area (Å²) in [6.45, 7) is 17.1. The summed E-state index contributed by atoms with van der Waals surface area (Å²) < 4.78 is 0. The average molecular weight is 530 g/mol. The second-order valence-corrected chi connectivity index (χ2v) is 11.4. The molecule has 39 heavy (non-hydrogen) atoms. The summed E-state index contributed by atoms with van der Waals surface area (Å²) in [5.41, 5.74) is 3.62. The van der Waals surface area contributed by atoms with E-state index in [-0.39, 0.29) is 11.3 Å². The number of piperazine rings is 1. The van der Waals surface area contributed by atoms with Gasteiger partial charge in [0.1, 0.15) is 17.4 Å². The molecule has 10 nitrogen and oxygen atoms in total. The van der Waals surface area contributed by atoms with Gasteiger partial charge in [-0.3, -0.25) is 9.69 Å². The van der Waals surface area contributed by atoms with Crippen molar-refractivity contribution in [3.63, 3.8) is 0 Å². The lowest BCUT2D eigenvalue weighted by molar-refractivity contribution is 0.0970. The van der Waals surface area contributed by atoms with Crippen molar-refractivity contribution < 1.29 is 4.79 Å². The molecule has 0 atom stereocenters. The summed E-state index contributed by atoms with van der Waals surface area (Å²) in [5, 5.41) is 14.2. The van der Waals surface area contributed by atoms with E-state index in [1.54, 1.807) is 24.4 Å². The van der Waals surface area contributed by atoms with E-state index in [1.807, 2.05) is 33.8 Å². The molecule has 206 valence electrons. The van der Waals surface area contributed by atoms with Crippen molar-refractivity contribution in [2.75, 3.05) is 42.9 Å². The Balaban J connectivity index is 1.52. The lowest BCUT2D eigenvalue weighted by atomic mass is 9.90. The minimum atomic E-state index is -0.284. The highest BCUT2D eigenvalue weighted by atomic mass is 16.1. The van der Waals surface area contributed by atoms with Crippen LogP contribution in [0.3, 0.4) is 0 Å². The molecule has 0 aliphatic carbocycles. The number of carbonyl (C=O) groups is 1. The molecular formula is C29H39N9O. The number of benzene rings is 1. The van der Waals surface area contributed by atoms with Crippen molar-refractivity contribution in [2.45, 2.75) is 41.5 Å². The molecule has 0 spiro atoms. The van der Waals surface area contributed by atoms with Crippen molar-refractivity contribution in [1.29, 1.82) is 5.41 Å². The van der Waals surface area contributed by atoms with Gasteiger partial charge in [0.2, 0.25) is 5.95 Å². The van der Waals surface area contributed by atoms with Crippen molar-refractivity contribution in [1.82, 2.24) is 30.2 Å². The van der Waals surface area contributed by atoms with Crippen LogP contribution >= 0.6 is 0 Å². The van der Waals surface area contributed by atoms with E-state index >= 15 is 0 Å².